The summed E-state index contributed by atoms with van der Waals surface area (Å²) in [6.07, 6.45) is 2.93. The summed E-state index contributed by atoms with van der Waals surface area (Å²) < 4.78 is 0.710. The van der Waals surface area contributed by atoms with Crippen molar-refractivity contribution in [3.05, 3.63) is 33.3 Å². The minimum Gasteiger partial charge on any atom is -0.396 e. The van der Waals surface area contributed by atoms with E-state index < -0.39 is 0 Å². The van der Waals surface area contributed by atoms with E-state index in [4.69, 9.17) is 11.6 Å². The first-order valence-electron chi connectivity index (χ1n) is 5.99. The molecular weight excluding hydrogens is 318 g/mol. The van der Waals surface area contributed by atoms with E-state index in [0.29, 0.717) is 15.1 Å². The maximum absolute atomic E-state index is 12.1. The fraction of sp³-hybridized carbons (Fsp3) is 0.462. The van der Waals surface area contributed by atoms with Crippen LogP contribution in [0.25, 0.3) is 0 Å². The van der Waals surface area contributed by atoms with Crippen LogP contribution in [0.4, 0.5) is 0 Å². The third kappa shape index (κ3) is 2.87. The minimum absolute atomic E-state index is 0.0533. The van der Waals surface area contributed by atoms with Crippen LogP contribution in [0, 0.1) is 5.92 Å². The molecule has 1 amide bonds. The number of benzene rings is 1. The maximum atomic E-state index is 12.1. The Hall–Kier alpha value is -0.580. The van der Waals surface area contributed by atoms with Gasteiger partial charge in [0.2, 0.25) is 0 Å². The molecule has 0 heterocycles. The third-order valence-corrected chi connectivity index (χ3v) is 4.70. The minimum atomic E-state index is -0.174. The summed E-state index contributed by atoms with van der Waals surface area (Å²) in [7, 11) is 0. The molecule has 2 unspecified atom stereocenters. The molecule has 0 bridgehead atoms. The molecule has 2 N–H and O–H groups in total. The number of aliphatic hydroxyl groups excluding tert-OH is 1. The normalized spacial score (nSPS) is 23.1. The molecule has 5 heteroatoms. The van der Waals surface area contributed by atoms with Crippen molar-refractivity contribution >= 4 is 33.4 Å². The fourth-order valence-electron chi connectivity index (χ4n) is 2.37. The zero-order valence-electron chi connectivity index (χ0n) is 9.83. The molecule has 18 heavy (non-hydrogen) atoms. The van der Waals surface area contributed by atoms with Gasteiger partial charge in [0.25, 0.3) is 5.91 Å². The number of carbonyl (C=O) groups excluding carboxylic acids is 1. The Kier molecular flexibility index (Phi) is 4.65. The van der Waals surface area contributed by atoms with Crippen LogP contribution in [0.2, 0.25) is 5.02 Å². The summed E-state index contributed by atoms with van der Waals surface area (Å²) in [6.45, 7) is 0.122. The van der Waals surface area contributed by atoms with Gasteiger partial charge in [0, 0.05) is 23.0 Å². The van der Waals surface area contributed by atoms with Gasteiger partial charge in [0.15, 0.2) is 0 Å². The molecule has 1 aliphatic rings. The highest BCUT2D eigenvalue weighted by atomic mass is 79.9. The first-order chi connectivity index (χ1) is 8.63. The van der Waals surface area contributed by atoms with Gasteiger partial charge in [0.1, 0.15) is 0 Å². The van der Waals surface area contributed by atoms with E-state index in [0.717, 1.165) is 19.3 Å². The number of carbonyl (C=O) groups is 1. The highest BCUT2D eigenvalue weighted by Gasteiger charge is 2.28. The highest BCUT2D eigenvalue weighted by Crippen LogP contribution is 2.28. The summed E-state index contributed by atoms with van der Waals surface area (Å²) >= 11 is 9.39. The van der Waals surface area contributed by atoms with Gasteiger partial charge in [-0.05, 0) is 40.9 Å². The maximum Gasteiger partial charge on any atom is 0.253 e. The van der Waals surface area contributed by atoms with Gasteiger partial charge in [-0.1, -0.05) is 24.1 Å². The lowest BCUT2D eigenvalue weighted by atomic mass is 10.0. The molecule has 1 aromatic rings. The lowest BCUT2D eigenvalue weighted by Crippen LogP contribution is -2.38. The van der Waals surface area contributed by atoms with Crippen molar-refractivity contribution in [3.8, 4) is 0 Å². The van der Waals surface area contributed by atoms with Gasteiger partial charge in [-0.3, -0.25) is 4.79 Å². The van der Waals surface area contributed by atoms with E-state index in [1.54, 1.807) is 18.2 Å². The second-order valence-electron chi connectivity index (χ2n) is 4.55. The van der Waals surface area contributed by atoms with Crippen LogP contribution >= 0.6 is 27.5 Å². The largest absolute Gasteiger partial charge is 0.396 e. The van der Waals surface area contributed by atoms with E-state index in [1.807, 2.05) is 0 Å². The SMILES string of the molecule is O=C(NC1CCCC1CO)c1cccc(Br)c1Cl. The Bertz CT molecular complexity index is 453. The molecule has 0 aliphatic heterocycles. The van der Waals surface area contributed by atoms with Gasteiger partial charge >= 0.3 is 0 Å². The van der Waals surface area contributed by atoms with E-state index in [9.17, 15) is 9.90 Å². The lowest BCUT2D eigenvalue weighted by Gasteiger charge is -2.19. The molecule has 1 fully saturated rings. The van der Waals surface area contributed by atoms with E-state index >= 15 is 0 Å². The molecular formula is C13H15BrClNO2. The Balaban J connectivity index is 2.10. The van der Waals surface area contributed by atoms with Crippen molar-refractivity contribution in [3.63, 3.8) is 0 Å². The van der Waals surface area contributed by atoms with Crippen LogP contribution in [0.5, 0.6) is 0 Å². The van der Waals surface area contributed by atoms with Crippen LogP contribution in [0.15, 0.2) is 22.7 Å². The van der Waals surface area contributed by atoms with Gasteiger partial charge in [-0.15, -0.1) is 0 Å². The summed E-state index contributed by atoms with van der Waals surface area (Å²) in [5.41, 5.74) is 0.467. The fourth-order valence-corrected chi connectivity index (χ4v) is 2.95. The van der Waals surface area contributed by atoms with Gasteiger partial charge in [0.05, 0.1) is 10.6 Å². The topological polar surface area (TPSA) is 49.3 Å². The molecule has 1 saturated carbocycles. The number of aliphatic hydroxyl groups is 1. The molecule has 0 radical (unpaired) electrons. The predicted molar refractivity (Wildman–Crippen MR) is 74.8 cm³/mol. The molecule has 0 saturated heterocycles. The quantitative estimate of drug-likeness (QED) is 0.894. The van der Waals surface area contributed by atoms with Gasteiger partial charge < -0.3 is 10.4 Å². The van der Waals surface area contributed by atoms with E-state index in [-0.39, 0.29) is 24.5 Å². The Morgan fingerprint density at radius 2 is 2.28 bits per heavy atom. The van der Waals surface area contributed by atoms with Crippen molar-refractivity contribution in [1.29, 1.82) is 0 Å². The Morgan fingerprint density at radius 3 is 3.00 bits per heavy atom. The van der Waals surface area contributed by atoms with Crippen LogP contribution < -0.4 is 5.32 Å². The second-order valence-corrected chi connectivity index (χ2v) is 5.79. The number of amides is 1. The second kappa shape index (κ2) is 6.04. The molecule has 1 aliphatic carbocycles. The number of hydrogen-bond donors (Lipinski definition) is 2. The number of hydrogen-bond acceptors (Lipinski definition) is 2. The number of rotatable bonds is 3. The first-order valence-corrected chi connectivity index (χ1v) is 7.16. The first kappa shape index (κ1) is 13.8. The number of nitrogens with one attached hydrogen (secondary N) is 1. The molecule has 98 valence electrons. The van der Waals surface area contributed by atoms with Crippen molar-refractivity contribution < 1.29 is 9.90 Å². The van der Waals surface area contributed by atoms with Crippen LogP contribution in [0.1, 0.15) is 29.6 Å². The van der Waals surface area contributed by atoms with Crippen molar-refractivity contribution in [2.75, 3.05) is 6.61 Å². The average Bonchev–Trinajstić information content (AvgIpc) is 2.79. The number of halogens is 2. The highest BCUT2D eigenvalue weighted by molar-refractivity contribution is 9.10. The Morgan fingerprint density at radius 1 is 1.50 bits per heavy atom. The van der Waals surface area contributed by atoms with Crippen LogP contribution in [-0.2, 0) is 0 Å². The zero-order valence-corrected chi connectivity index (χ0v) is 12.2. The van der Waals surface area contributed by atoms with Gasteiger partial charge in [-0.2, -0.15) is 0 Å². The van der Waals surface area contributed by atoms with E-state index in [1.165, 1.54) is 0 Å². The van der Waals surface area contributed by atoms with E-state index in [2.05, 4.69) is 21.2 Å². The lowest BCUT2D eigenvalue weighted by molar-refractivity contribution is 0.0916. The average molecular weight is 333 g/mol. The summed E-state index contributed by atoms with van der Waals surface area (Å²) in [5, 5.41) is 12.6. The van der Waals surface area contributed by atoms with Crippen LogP contribution in [0.3, 0.4) is 0 Å². The van der Waals surface area contributed by atoms with Crippen molar-refractivity contribution in [2.45, 2.75) is 25.3 Å². The van der Waals surface area contributed by atoms with Gasteiger partial charge in [-0.25, -0.2) is 0 Å². The molecule has 3 nitrogen and oxygen atoms in total. The summed E-state index contributed by atoms with van der Waals surface area (Å²) in [4.78, 5) is 12.1. The summed E-state index contributed by atoms with van der Waals surface area (Å²) in [5.74, 6) is -0.00784. The molecule has 1 aromatic carbocycles. The third-order valence-electron chi connectivity index (χ3n) is 3.41. The van der Waals surface area contributed by atoms with Crippen molar-refractivity contribution in [2.24, 2.45) is 5.92 Å². The molecule has 2 rings (SSSR count). The molecule has 2 atom stereocenters. The standard InChI is InChI=1S/C13H15BrClNO2/c14-10-5-2-4-9(12(10)15)13(18)16-11-6-1-3-8(11)7-17/h2,4-5,8,11,17H,1,3,6-7H2,(H,16,18). The molecule has 0 spiro atoms. The predicted octanol–water partition coefficient (Wildman–Crippen LogP) is 2.99. The van der Waals surface area contributed by atoms with Crippen molar-refractivity contribution in [1.82, 2.24) is 5.32 Å². The summed E-state index contributed by atoms with van der Waals surface area (Å²) in [6, 6.07) is 5.33. The smallest absolute Gasteiger partial charge is 0.253 e. The molecule has 0 aromatic heterocycles. The Labute approximate surface area is 120 Å². The zero-order chi connectivity index (χ0) is 13.1. The monoisotopic (exact) mass is 331 g/mol. The van der Waals surface area contributed by atoms with Crippen LogP contribution in [-0.4, -0.2) is 23.7 Å².